The number of hydrogen-bond donors (Lipinski definition) is 1. The summed E-state index contributed by atoms with van der Waals surface area (Å²) in [5, 5.41) is 11.0. The van der Waals surface area contributed by atoms with Gasteiger partial charge in [-0.05, 0) is 30.0 Å². The van der Waals surface area contributed by atoms with Crippen LogP contribution in [0.1, 0.15) is 48.1 Å². The van der Waals surface area contributed by atoms with Crippen LogP contribution in [0.5, 0.6) is 0 Å². The van der Waals surface area contributed by atoms with Crippen molar-refractivity contribution in [2.45, 2.75) is 31.3 Å². The number of halogens is 1. The monoisotopic (exact) mass is 501 g/mol. The lowest BCUT2D eigenvalue weighted by molar-refractivity contribution is -0.133. The molecular formula is C25H32ClN5O2S. The van der Waals surface area contributed by atoms with Crippen molar-refractivity contribution in [3.63, 3.8) is 0 Å². The van der Waals surface area contributed by atoms with Crippen molar-refractivity contribution in [1.29, 1.82) is 0 Å². The van der Waals surface area contributed by atoms with Gasteiger partial charge in [-0.15, -0.1) is 0 Å². The predicted molar refractivity (Wildman–Crippen MR) is 137 cm³/mol. The third-order valence-electron chi connectivity index (χ3n) is 7.28. The summed E-state index contributed by atoms with van der Waals surface area (Å²) in [7, 11) is 0. The van der Waals surface area contributed by atoms with Crippen molar-refractivity contribution in [3.8, 4) is 0 Å². The lowest BCUT2D eigenvalue weighted by Crippen LogP contribution is -2.52. The minimum Gasteiger partial charge on any atom is -0.387 e. The average Bonchev–Trinajstić information content (AvgIpc) is 3.17. The lowest BCUT2D eigenvalue weighted by atomic mass is 9.96. The first kappa shape index (κ1) is 23.9. The summed E-state index contributed by atoms with van der Waals surface area (Å²) in [6.45, 7) is 7.70. The van der Waals surface area contributed by atoms with Crippen LogP contribution < -0.4 is 4.90 Å². The van der Waals surface area contributed by atoms with E-state index in [-0.39, 0.29) is 17.7 Å². The Balaban J connectivity index is 1.30. The van der Waals surface area contributed by atoms with Gasteiger partial charge in [-0.2, -0.15) is 11.8 Å². The molecule has 7 nitrogen and oxygen atoms in total. The topological polar surface area (TPSA) is 72.8 Å². The molecule has 34 heavy (non-hydrogen) atoms. The van der Waals surface area contributed by atoms with E-state index in [1.807, 2.05) is 40.9 Å². The SMILES string of the molecule is CC1C[C@@H](O)c2ncnc(N3CCN(C(=O)[C@H](CN4CCSCC4)c4ccc(Cl)cc4)CC3)c21. The zero-order chi connectivity index (χ0) is 23.7. The van der Waals surface area contributed by atoms with Crippen molar-refractivity contribution in [1.82, 2.24) is 19.8 Å². The zero-order valence-electron chi connectivity index (χ0n) is 19.6. The molecule has 1 unspecified atom stereocenters. The van der Waals surface area contributed by atoms with Crippen LogP contribution in [-0.4, -0.2) is 88.1 Å². The normalized spacial score (nSPS) is 24.2. The number of carbonyl (C=O) groups excluding carboxylic acids is 1. The number of benzene rings is 1. The van der Waals surface area contributed by atoms with Gasteiger partial charge in [0.1, 0.15) is 12.1 Å². The molecule has 2 aromatic rings. The molecule has 0 radical (unpaired) electrons. The van der Waals surface area contributed by atoms with Gasteiger partial charge in [0.15, 0.2) is 0 Å². The molecule has 0 bridgehead atoms. The molecule has 182 valence electrons. The molecule has 1 amide bonds. The van der Waals surface area contributed by atoms with Crippen molar-refractivity contribution in [2.75, 3.05) is 62.2 Å². The van der Waals surface area contributed by atoms with E-state index in [0.29, 0.717) is 24.5 Å². The van der Waals surface area contributed by atoms with E-state index >= 15 is 0 Å². The van der Waals surface area contributed by atoms with Gasteiger partial charge in [0, 0.05) is 67.9 Å². The molecular weight excluding hydrogens is 470 g/mol. The summed E-state index contributed by atoms with van der Waals surface area (Å²) in [5.74, 6) is 3.40. The standard InChI is InChI=1S/C25H32ClN5O2S/c1-17-14-21(32)23-22(17)24(28-16-27-23)30-6-8-31(9-7-30)25(33)20(15-29-10-12-34-13-11-29)18-2-4-19(26)5-3-18/h2-5,16-17,20-21,32H,6-15H2,1H3/t17?,20-,21-/m1/s1. The highest BCUT2D eigenvalue weighted by Crippen LogP contribution is 2.42. The summed E-state index contributed by atoms with van der Waals surface area (Å²) in [4.78, 5) is 29.4. The number of thioether (sulfide) groups is 1. The average molecular weight is 502 g/mol. The Hall–Kier alpha value is -1.87. The van der Waals surface area contributed by atoms with E-state index in [0.717, 1.165) is 66.9 Å². The van der Waals surface area contributed by atoms with Crippen LogP contribution in [0.25, 0.3) is 0 Å². The summed E-state index contributed by atoms with van der Waals surface area (Å²) in [5.41, 5.74) is 2.86. The molecule has 5 rings (SSSR count). The number of nitrogens with zero attached hydrogens (tertiary/aromatic N) is 5. The van der Waals surface area contributed by atoms with Crippen LogP contribution in [0.2, 0.25) is 5.02 Å². The van der Waals surface area contributed by atoms with Gasteiger partial charge in [0.2, 0.25) is 5.91 Å². The highest BCUT2D eigenvalue weighted by molar-refractivity contribution is 7.99. The molecule has 1 N–H and O–H groups in total. The van der Waals surface area contributed by atoms with Crippen LogP contribution in [0.4, 0.5) is 5.82 Å². The Bertz CT molecular complexity index is 1010. The molecule has 3 heterocycles. The molecule has 1 aromatic carbocycles. The molecule has 0 spiro atoms. The zero-order valence-corrected chi connectivity index (χ0v) is 21.1. The summed E-state index contributed by atoms with van der Waals surface area (Å²) < 4.78 is 0. The predicted octanol–water partition coefficient (Wildman–Crippen LogP) is 3.15. The molecule has 9 heteroatoms. The van der Waals surface area contributed by atoms with E-state index in [4.69, 9.17) is 11.6 Å². The summed E-state index contributed by atoms with van der Waals surface area (Å²) >= 11 is 8.11. The molecule has 3 aliphatic rings. The van der Waals surface area contributed by atoms with Gasteiger partial charge < -0.3 is 19.8 Å². The van der Waals surface area contributed by atoms with Crippen LogP contribution in [-0.2, 0) is 4.79 Å². The van der Waals surface area contributed by atoms with Gasteiger partial charge in [-0.1, -0.05) is 30.7 Å². The number of aliphatic hydroxyl groups excluding tert-OH is 1. The molecule has 1 aliphatic carbocycles. The molecule has 3 atom stereocenters. The number of piperazine rings is 1. The van der Waals surface area contributed by atoms with E-state index in [9.17, 15) is 9.90 Å². The van der Waals surface area contributed by atoms with Gasteiger partial charge in [0.05, 0.1) is 17.7 Å². The fourth-order valence-electron chi connectivity index (χ4n) is 5.38. The van der Waals surface area contributed by atoms with Crippen LogP contribution in [0.3, 0.4) is 0 Å². The fraction of sp³-hybridized carbons (Fsp3) is 0.560. The van der Waals surface area contributed by atoms with Crippen LogP contribution in [0.15, 0.2) is 30.6 Å². The summed E-state index contributed by atoms with van der Waals surface area (Å²) in [6.07, 6.45) is 1.74. The first-order valence-electron chi connectivity index (χ1n) is 12.1. The third kappa shape index (κ3) is 4.91. The molecule has 2 aliphatic heterocycles. The van der Waals surface area contributed by atoms with Crippen molar-refractivity contribution >= 4 is 35.1 Å². The van der Waals surface area contributed by atoms with Gasteiger partial charge in [-0.25, -0.2) is 9.97 Å². The fourth-order valence-corrected chi connectivity index (χ4v) is 6.48. The highest BCUT2D eigenvalue weighted by Gasteiger charge is 2.35. The second-order valence-electron chi connectivity index (χ2n) is 9.48. The quantitative estimate of drug-likeness (QED) is 0.674. The van der Waals surface area contributed by atoms with Gasteiger partial charge >= 0.3 is 0 Å². The number of carbonyl (C=O) groups is 1. The first-order valence-corrected chi connectivity index (χ1v) is 13.7. The molecule has 0 saturated carbocycles. The Kier molecular flexibility index (Phi) is 7.30. The van der Waals surface area contributed by atoms with Gasteiger partial charge in [-0.3, -0.25) is 4.79 Å². The van der Waals surface area contributed by atoms with Crippen LogP contribution in [0, 0.1) is 0 Å². The molecule has 1 aromatic heterocycles. The van der Waals surface area contributed by atoms with Crippen molar-refractivity contribution < 1.29 is 9.90 Å². The maximum absolute atomic E-state index is 13.8. The summed E-state index contributed by atoms with van der Waals surface area (Å²) in [6, 6.07) is 7.76. The Morgan fingerprint density at radius 2 is 1.82 bits per heavy atom. The number of fused-ring (bicyclic) bond motifs is 1. The highest BCUT2D eigenvalue weighted by atomic mass is 35.5. The number of anilines is 1. The largest absolute Gasteiger partial charge is 0.387 e. The number of hydrogen-bond acceptors (Lipinski definition) is 7. The first-order chi connectivity index (χ1) is 16.5. The van der Waals surface area contributed by atoms with E-state index in [2.05, 4.69) is 26.7 Å². The number of amides is 1. The van der Waals surface area contributed by atoms with Crippen molar-refractivity contribution in [3.05, 3.63) is 52.4 Å². The Morgan fingerprint density at radius 1 is 1.12 bits per heavy atom. The van der Waals surface area contributed by atoms with Crippen molar-refractivity contribution in [2.24, 2.45) is 0 Å². The van der Waals surface area contributed by atoms with Gasteiger partial charge in [0.25, 0.3) is 0 Å². The van der Waals surface area contributed by atoms with Crippen LogP contribution >= 0.6 is 23.4 Å². The maximum atomic E-state index is 13.8. The second kappa shape index (κ2) is 10.4. The number of aromatic nitrogens is 2. The second-order valence-corrected chi connectivity index (χ2v) is 11.1. The maximum Gasteiger partial charge on any atom is 0.231 e. The Morgan fingerprint density at radius 3 is 2.53 bits per heavy atom. The van der Waals surface area contributed by atoms with E-state index in [1.54, 1.807) is 6.33 Å². The Labute approximate surface area is 210 Å². The number of rotatable bonds is 5. The van der Waals surface area contributed by atoms with E-state index in [1.165, 1.54) is 0 Å². The smallest absolute Gasteiger partial charge is 0.231 e. The lowest BCUT2D eigenvalue weighted by Gasteiger charge is -2.39. The van der Waals surface area contributed by atoms with E-state index < -0.39 is 6.10 Å². The third-order valence-corrected chi connectivity index (χ3v) is 8.48. The molecule has 2 fully saturated rings. The molecule has 2 saturated heterocycles. The minimum atomic E-state index is -0.511. The number of aliphatic hydroxyl groups is 1. The minimum absolute atomic E-state index is 0.189.